The second-order valence-electron chi connectivity index (χ2n) is 7.81. The highest BCUT2D eigenvalue weighted by Gasteiger charge is 2.31. The number of carbonyl (C=O) groups excluding carboxylic acids is 1. The van der Waals surface area contributed by atoms with Crippen LogP contribution >= 0.6 is 0 Å². The Hall–Kier alpha value is -4.21. The number of benzene rings is 2. The zero-order valence-electron chi connectivity index (χ0n) is 18.9. The Morgan fingerprint density at radius 3 is 2.62 bits per heavy atom. The maximum absolute atomic E-state index is 14.2. The van der Waals surface area contributed by atoms with Gasteiger partial charge in [0.1, 0.15) is 5.82 Å². The van der Waals surface area contributed by atoms with Gasteiger partial charge in [0.15, 0.2) is 17.2 Å². The first-order chi connectivity index (χ1) is 16.5. The molecule has 1 aliphatic heterocycles. The number of hydrogen-bond donors (Lipinski definition) is 0. The Bertz CT molecular complexity index is 1380. The van der Waals surface area contributed by atoms with E-state index < -0.39 is 5.82 Å². The standard InChI is InChI=1S/C24H22FN5O4/c1-29-18-11-12-30(24(31)15-8-6-10-19(32-2)21(15)33-3)13-16(18)20(28-29)23-27-26-22(34-23)14-7-4-5-9-17(14)25/h4-10H,11-13H2,1-3H3. The number of halogens is 1. The molecule has 0 saturated heterocycles. The number of amides is 1. The molecule has 0 spiro atoms. The first-order valence-electron chi connectivity index (χ1n) is 10.7. The summed E-state index contributed by atoms with van der Waals surface area (Å²) in [6.07, 6.45) is 0.602. The molecular formula is C24H22FN5O4. The van der Waals surface area contributed by atoms with Gasteiger partial charge in [-0.15, -0.1) is 10.2 Å². The van der Waals surface area contributed by atoms with Gasteiger partial charge in [0.25, 0.3) is 17.7 Å². The molecule has 1 amide bonds. The summed E-state index contributed by atoms with van der Waals surface area (Å²) in [6.45, 7) is 0.810. The van der Waals surface area contributed by atoms with Crippen LogP contribution < -0.4 is 9.47 Å². The second kappa shape index (κ2) is 8.62. The number of para-hydroxylation sites is 1. The van der Waals surface area contributed by atoms with Crippen molar-refractivity contribution in [2.24, 2.45) is 7.05 Å². The highest BCUT2D eigenvalue weighted by atomic mass is 19.1. The lowest BCUT2D eigenvalue weighted by molar-refractivity contribution is 0.0729. The van der Waals surface area contributed by atoms with Crippen LogP contribution in [0.5, 0.6) is 11.5 Å². The molecule has 0 aliphatic carbocycles. The fourth-order valence-electron chi connectivity index (χ4n) is 4.23. The van der Waals surface area contributed by atoms with Crippen molar-refractivity contribution in [3.8, 4) is 34.5 Å². The van der Waals surface area contributed by atoms with Gasteiger partial charge < -0.3 is 18.8 Å². The molecule has 5 rings (SSSR count). The van der Waals surface area contributed by atoms with Crippen molar-refractivity contribution in [2.45, 2.75) is 13.0 Å². The van der Waals surface area contributed by atoms with Crippen LogP contribution in [-0.4, -0.2) is 51.5 Å². The average Bonchev–Trinajstić information content (AvgIpc) is 3.47. The summed E-state index contributed by atoms with van der Waals surface area (Å²) < 4.78 is 32.5. The van der Waals surface area contributed by atoms with E-state index in [0.29, 0.717) is 42.3 Å². The molecule has 9 nitrogen and oxygen atoms in total. The number of rotatable bonds is 5. The van der Waals surface area contributed by atoms with Crippen LogP contribution in [0.4, 0.5) is 4.39 Å². The number of carbonyl (C=O) groups is 1. The smallest absolute Gasteiger partial charge is 0.268 e. The average molecular weight is 463 g/mol. The normalized spacial score (nSPS) is 13.0. The maximum Gasteiger partial charge on any atom is 0.268 e. The Kier molecular flexibility index (Phi) is 5.48. The van der Waals surface area contributed by atoms with Crippen molar-refractivity contribution in [3.05, 3.63) is 65.1 Å². The van der Waals surface area contributed by atoms with E-state index in [4.69, 9.17) is 13.9 Å². The van der Waals surface area contributed by atoms with Crippen molar-refractivity contribution in [1.29, 1.82) is 0 Å². The lowest BCUT2D eigenvalue weighted by atomic mass is 10.0. The van der Waals surface area contributed by atoms with Crippen molar-refractivity contribution in [2.75, 3.05) is 20.8 Å². The summed E-state index contributed by atoms with van der Waals surface area (Å²) in [5.41, 5.74) is 2.89. The van der Waals surface area contributed by atoms with Gasteiger partial charge in [-0.1, -0.05) is 18.2 Å². The predicted molar refractivity (Wildman–Crippen MR) is 120 cm³/mol. The van der Waals surface area contributed by atoms with Gasteiger partial charge in [0.2, 0.25) is 0 Å². The highest BCUT2D eigenvalue weighted by Crippen LogP contribution is 2.35. The number of methoxy groups -OCH3 is 2. The molecule has 34 heavy (non-hydrogen) atoms. The van der Waals surface area contributed by atoms with Crippen molar-refractivity contribution in [3.63, 3.8) is 0 Å². The predicted octanol–water partition coefficient (Wildman–Crippen LogP) is 3.49. The van der Waals surface area contributed by atoms with E-state index in [9.17, 15) is 9.18 Å². The van der Waals surface area contributed by atoms with E-state index in [-0.39, 0.29) is 23.3 Å². The van der Waals surface area contributed by atoms with Crippen molar-refractivity contribution < 1.29 is 23.1 Å². The Morgan fingerprint density at radius 2 is 1.85 bits per heavy atom. The van der Waals surface area contributed by atoms with E-state index in [2.05, 4.69) is 15.3 Å². The van der Waals surface area contributed by atoms with Gasteiger partial charge in [-0.2, -0.15) is 5.10 Å². The summed E-state index contributed by atoms with van der Waals surface area (Å²) in [5.74, 6) is 0.470. The number of aryl methyl sites for hydroxylation is 1. The molecule has 174 valence electrons. The Balaban J connectivity index is 1.48. The minimum Gasteiger partial charge on any atom is -0.493 e. The number of fused-ring (bicyclic) bond motifs is 1. The minimum absolute atomic E-state index is 0.0670. The molecule has 0 radical (unpaired) electrons. The van der Waals surface area contributed by atoms with Crippen molar-refractivity contribution in [1.82, 2.24) is 24.9 Å². The first kappa shape index (κ1) is 21.6. The number of hydrogen-bond acceptors (Lipinski definition) is 7. The molecule has 0 unspecified atom stereocenters. The Labute approximate surface area is 194 Å². The third kappa shape index (κ3) is 3.57. The Morgan fingerprint density at radius 1 is 1.06 bits per heavy atom. The molecular weight excluding hydrogens is 441 g/mol. The molecule has 4 aromatic rings. The molecule has 2 aromatic carbocycles. The molecule has 2 aromatic heterocycles. The third-order valence-electron chi connectivity index (χ3n) is 5.89. The highest BCUT2D eigenvalue weighted by molar-refractivity contribution is 5.98. The monoisotopic (exact) mass is 463 g/mol. The zero-order valence-corrected chi connectivity index (χ0v) is 18.9. The quantitative estimate of drug-likeness (QED) is 0.447. The van der Waals surface area contributed by atoms with Gasteiger partial charge in [0.05, 0.1) is 31.9 Å². The van der Waals surface area contributed by atoms with Crippen LogP contribution in [0.2, 0.25) is 0 Å². The third-order valence-corrected chi connectivity index (χ3v) is 5.89. The van der Waals surface area contributed by atoms with Crippen LogP contribution in [0.25, 0.3) is 23.0 Å². The van der Waals surface area contributed by atoms with Gasteiger partial charge >= 0.3 is 0 Å². The van der Waals surface area contributed by atoms with Gasteiger partial charge in [-0.25, -0.2) is 4.39 Å². The van der Waals surface area contributed by atoms with Crippen LogP contribution in [0.3, 0.4) is 0 Å². The molecule has 0 atom stereocenters. The molecule has 0 fully saturated rings. The largest absolute Gasteiger partial charge is 0.493 e. The summed E-state index contributed by atoms with van der Waals surface area (Å²) in [5, 5.41) is 12.7. The van der Waals surface area contributed by atoms with E-state index in [0.717, 1.165) is 11.3 Å². The van der Waals surface area contributed by atoms with Crippen LogP contribution in [0.15, 0.2) is 46.9 Å². The van der Waals surface area contributed by atoms with Gasteiger partial charge in [0, 0.05) is 31.3 Å². The van der Waals surface area contributed by atoms with E-state index in [1.54, 1.807) is 46.0 Å². The van der Waals surface area contributed by atoms with E-state index >= 15 is 0 Å². The van der Waals surface area contributed by atoms with Crippen LogP contribution in [0.1, 0.15) is 21.6 Å². The maximum atomic E-state index is 14.2. The van der Waals surface area contributed by atoms with Crippen LogP contribution in [0, 0.1) is 5.82 Å². The topological polar surface area (TPSA) is 95.5 Å². The molecule has 10 heteroatoms. The fraction of sp³-hybridized carbons (Fsp3) is 0.250. The summed E-state index contributed by atoms with van der Waals surface area (Å²) >= 11 is 0. The number of nitrogens with zero attached hydrogens (tertiary/aromatic N) is 5. The summed E-state index contributed by atoms with van der Waals surface area (Å²) in [6, 6.07) is 11.4. The molecule has 0 saturated carbocycles. The second-order valence-corrected chi connectivity index (χ2v) is 7.81. The van der Waals surface area contributed by atoms with Gasteiger partial charge in [-0.3, -0.25) is 9.48 Å². The van der Waals surface area contributed by atoms with Crippen molar-refractivity contribution >= 4 is 5.91 Å². The molecule has 3 heterocycles. The van der Waals surface area contributed by atoms with E-state index in [1.807, 2.05) is 7.05 Å². The lowest BCUT2D eigenvalue weighted by Crippen LogP contribution is -2.36. The SMILES string of the molecule is COc1cccc(C(=O)N2CCc3c(c(-c4nnc(-c5ccccc5F)o4)nn3C)C2)c1OC. The summed E-state index contributed by atoms with van der Waals surface area (Å²) in [7, 11) is 4.87. The number of aromatic nitrogens is 4. The molecule has 1 aliphatic rings. The first-order valence-corrected chi connectivity index (χ1v) is 10.7. The minimum atomic E-state index is -0.454. The zero-order chi connectivity index (χ0) is 23.8. The molecule has 0 bridgehead atoms. The van der Waals surface area contributed by atoms with E-state index in [1.165, 1.54) is 20.3 Å². The lowest BCUT2D eigenvalue weighted by Gasteiger charge is -2.28. The number of ether oxygens (including phenoxy) is 2. The van der Waals surface area contributed by atoms with Crippen LogP contribution in [-0.2, 0) is 20.0 Å². The fourth-order valence-corrected chi connectivity index (χ4v) is 4.23. The molecule has 0 N–H and O–H groups in total. The van der Waals surface area contributed by atoms with Gasteiger partial charge in [-0.05, 0) is 24.3 Å². The summed E-state index contributed by atoms with van der Waals surface area (Å²) in [4.78, 5) is 15.1.